The zero-order valence-electron chi connectivity index (χ0n) is 16.0. The number of nitro benzene ring substituents is 1. The van der Waals surface area contributed by atoms with Crippen molar-refractivity contribution < 1.29 is 27.6 Å². The second kappa shape index (κ2) is 8.64. The Morgan fingerprint density at radius 1 is 1.07 bits per heavy atom. The van der Waals surface area contributed by atoms with E-state index < -0.39 is 14.9 Å². The van der Waals surface area contributed by atoms with Gasteiger partial charge in [-0.1, -0.05) is 0 Å². The minimum Gasteiger partial charge on any atom is -0.497 e. The van der Waals surface area contributed by atoms with Crippen molar-refractivity contribution in [2.24, 2.45) is 0 Å². The van der Waals surface area contributed by atoms with Crippen LogP contribution in [0.15, 0.2) is 41.3 Å². The molecule has 1 heterocycles. The molecule has 1 aliphatic rings. The molecule has 1 fully saturated rings. The van der Waals surface area contributed by atoms with Crippen molar-refractivity contribution in [2.75, 3.05) is 45.8 Å². The highest BCUT2D eigenvalue weighted by Gasteiger charge is 2.29. The summed E-state index contributed by atoms with van der Waals surface area (Å²) >= 11 is 0. The Labute approximate surface area is 168 Å². The zero-order valence-corrected chi connectivity index (χ0v) is 16.8. The molecule has 0 atom stereocenters. The Balaban J connectivity index is 1.96. The summed E-state index contributed by atoms with van der Waals surface area (Å²) < 4.78 is 42.5. The van der Waals surface area contributed by atoms with Gasteiger partial charge in [0, 0.05) is 25.2 Å². The van der Waals surface area contributed by atoms with E-state index in [0.717, 1.165) is 6.07 Å². The van der Waals surface area contributed by atoms with E-state index in [0.29, 0.717) is 17.2 Å². The molecule has 156 valence electrons. The van der Waals surface area contributed by atoms with Gasteiger partial charge in [-0.05, 0) is 24.3 Å². The van der Waals surface area contributed by atoms with Crippen LogP contribution < -0.4 is 14.8 Å². The predicted octanol–water partition coefficient (Wildman–Crippen LogP) is 2.38. The van der Waals surface area contributed by atoms with Crippen LogP contribution in [0.5, 0.6) is 11.5 Å². The first kappa shape index (κ1) is 20.8. The van der Waals surface area contributed by atoms with Gasteiger partial charge in [-0.25, -0.2) is 8.42 Å². The topological polar surface area (TPSA) is 120 Å². The molecule has 10 nitrogen and oxygen atoms in total. The molecule has 0 aromatic heterocycles. The van der Waals surface area contributed by atoms with Crippen LogP contribution in [0.25, 0.3) is 0 Å². The van der Waals surface area contributed by atoms with E-state index in [-0.39, 0.29) is 42.6 Å². The fourth-order valence-electron chi connectivity index (χ4n) is 2.91. The number of nitro groups is 1. The second-order valence-corrected chi connectivity index (χ2v) is 8.08. The Morgan fingerprint density at radius 2 is 1.76 bits per heavy atom. The molecule has 1 saturated heterocycles. The van der Waals surface area contributed by atoms with E-state index in [9.17, 15) is 18.5 Å². The van der Waals surface area contributed by atoms with Crippen molar-refractivity contribution in [1.82, 2.24) is 4.31 Å². The SMILES string of the molecule is COc1ccc(Nc2ccc(S(=O)(=O)N3CCOCC3)cc2[N+](=O)[O-])c(OC)c1. The molecule has 2 aromatic carbocycles. The molecule has 0 bridgehead atoms. The fraction of sp³-hybridized carbons (Fsp3) is 0.333. The Hall–Kier alpha value is -2.89. The van der Waals surface area contributed by atoms with Crippen molar-refractivity contribution in [2.45, 2.75) is 4.90 Å². The third kappa shape index (κ3) is 4.42. The van der Waals surface area contributed by atoms with Crippen LogP contribution in [-0.4, -0.2) is 58.2 Å². The minimum absolute atomic E-state index is 0.138. The number of nitrogens with one attached hydrogen (secondary N) is 1. The monoisotopic (exact) mass is 423 g/mol. The summed E-state index contributed by atoms with van der Waals surface area (Å²) in [6.45, 7) is 0.995. The summed E-state index contributed by atoms with van der Waals surface area (Å²) in [6, 6.07) is 8.73. The Bertz CT molecular complexity index is 1000. The number of sulfonamides is 1. The highest BCUT2D eigenvalue weighted by atomic mass is 32.2. The van der Waals surface area contributed by atoms with Crippen LogP contribution in [0.3, 0.4) is 0 Å². The van der Waals surface area contributed by atoms with Crippen molar-refractivity contribution in [3.8, 4) is 11.5 Å². The maximum atomic E-state index is 12.8. The number of ether oxygens (including phenoxy) is 3. The zero-order chi connectivity index (χ0) is 21.0. The third-order valence-electron chi connectivity index (χ3n) is 4.45. The molecule has 0 spiro atoms. The van der Waals surface area contributed by atoms with Crippen molar-refractivity contribution in [3.63, 3.8) is 0 Å². The molecule has 1 aliphatic heterocycles. The Morgan fingerprint density at radius 3 is 2.38 bits per heavy atom. The molecule has 0 amide bonds. The minimum atomic E-state index is -3.85. The van der Waals surface area contributed by atoms with E-state index in [2.05, 4.69) is 5.32 Å². The Kier molecular flexibility index (Phi) is 6.20. The van der Waals surface area contributed by atoms with E-state index >= 15 is 0 Å². The van der Waals surface area contributed by atoms with Crippen molar-refractivity contribution in [1.29, 1.82) is 0 Å². The predicted molar refractivity (Wildman–Crippen MR) is 106 cm³/mol. The first-order valence-corrected chi connectivity index (χ1v) is 10.2. The van der Waals surface area contributed by atoms with E-state index in [1.807, 2.05) is 0 Å². The number of nitrogens with zero attached hydrogens (tertiary/aromatic N) is 2. The summed E-state index contributed by atoms with van der Waals surface area (Å²) in [5.74, 6) is 0.984. The van der Waals surface area contributed by atoms with Gasteiger partial charge in [-0.2, -0.15) is 4.31 Å². The molecule has 1 N–H and O–H groups in total. The summed E-state index contributed by atoms with van der Waals surface area (Å²) in [7, 11) is -0.871. The standard InChI is InChI=1S/C18H21N3O7S/c1-26-13-3-5-16(18(11-13)27-2)19-15-6-4-14(12-17(15)21(22)23)29(24,25)20-7-9-28-10-8-20/h3-6,11-12,19H,7-10H2,1-2H3. The maximum absolute atomic E-state index is 12.8. The van der Waals surface area contributed by atoms with Gasteiger partial charge < -0.3 is 19.5 Å². The third-order valence-corrected chi connectivity index (χ3v) is 6.35. The molecular formula is C18H21N3O7S. The number of methoxy groups -OCH3 is 2. The highest BCUT2D eigenvalue weighted by molar-refractivity contribution is 7.89. The quantitative estimate of drug-likeness (QED) is 0.532. The highest BCUT2D eigenvalue weighted by Crippen LogP contribution is 2.36. The van der Waals surface area contributed by atoms with Gasteiger partial charge in [0.1, 0.15) is 17.2 Å². The molecule has 0 unspecified atom stereocenters. The molecule has 2 aromatic rings. The lowest BCUT2D eigenvalue weighted by molar-refractivity contribution is -0.384. The summed E-state index contributed by atoms with van der Waals surface area (Å²) in [4.78, 5) is 10.8. The number of benzene rings is 2. The van der Waals surface area contributed by atoms with E-state index in [4.69, 9.17) is 14.2 Å². The second-order valence-electron chi connectivity index (χ2n) is 6.14. The summed E-state index contributed by atoms with van der Waals surface area (Å²) in [6.07, 6.45) is 0. The van der Waals surface area contributed by atoms with Gasteiger partial charge in [-0.15, -0.1) is 0 Å². The summed E-state index contributed by atoms with van der Waals surface area (Å²) in [5, 5.41) is 14.5. The van der Waals surface area contributed by atoms with Crippen LogP contribution in [0, 0.1) is 10.1 Å². The number of rotatable bonds is 7. The number of morpholine rings is 1. The fourth-order valence-corrected chi connectivity index (χ4v) is 4.34. The lowest BCUT2D eigenvalue weighted by Crippen LogP contribution is -2.40. The average molecular weight is 423 g/mol. The van der Waals surface area contributed by atoms with Gasteiger partial charge in [0.05, 0.1) is 42.9 Å². The van der Waals surface area contributed by atoms with E-state index in [1.165, 1.54) is 30.7 Å². The molecule has 0 saturated carbocycles. The van der Waals surface area contributed by atoms with Gasteiger partial charge >= 0.3 is 0 Å². The number of anilines is 2. The number of hydrogen-bond donors (Lipinski definition) is 1. The van der Waals surface area contributed by atoms with Crippen LogP contribution in [0.2, 0.25) is 0 Å². The van der Waals surface area contributed by atoms with Crippen LogP contribution in [0.4, 0.5) is 17.1 Å². The largest absolute Gasteiger partial charge is 0.497 e. The molecule has 0 radical (unpaired) electrons. The molecule has 0 aliphatic carbocycles. The van der Waals surface area contributed by atoms with Gasteiger partial charge in [-0.3, -0.25) is 10.1 Å². The van der Waals surface area contributed by atoms with Crippen molar-refractivity contribution in [3.05, 3.63) is 46.5 Å². The number of hydrogen-bond acceptors (Lipinski definition) is 8. The van der Waals surface area contributed by atoms with Crippen LogP contribution in [-0.2, 0) is 14.8 Å². The van der Waals surface area contributed by atoms with Crippen molar-refractivity contribution >= 4 is 27.1 Å². The lowest BCUT2D eigenvalue weighted by atomic mass is 10.2. The molecule has 3 rings (SSSR count). The molecular weight excluding hydrogens is 402 g/mol. The molecule has 29 heavy (non-hydrogen) atoms. The lowest BCUT2D eigenvalue weighted by Gasteiger charge is -2.26. The first-order valence-electron chi connectivity index (χ1n) is 8.72. The van der Waals surface area contributed by atoms with Gasteiger partial charge in [0.2, 0.25) is 10.0 Å². The average Bonchev–Trinajstić information content (AvgIpc) is 2.74. The van der Waals surface area contributed by atoms with Gasteiger partial charge in [0.25, 0.3) is 5.69 Å². The first-order chi connectivity index (χ1) is 13.9. The van der Waals surface area contributed by atoms with Gasteiger partial charge in [0.15, 0.2) is 0 Å². The molecule has 11 heteroatoms. The maximum Gasteiger partial charge on any atom is 0.294 e. The van der Waals surface area contributed by atoms with Crippen LogP contribution >= 0.6 is 0 Å². The summed E-state index contributed by atoms with van der Waals surface area (Å²) in [5.41, 5.74) is 0.247. The smallest absolute Gasteiger partial charge is 0.294 e. The van der Waals surface area contributed by atoms with E-state index in [1.54, 1.807) is 18.2 Å². The van der Waals surface area contributed by atoms with Crippen LogP contribution in [0.1, 0.15) is 0 Å². The normalized spacial score (nSPS) is 15.0.